The molecule has 1 unspecified atom stereocenters. The fraction of sp³-hybridized carbons (Fsp3) is 0.474. The molecule has 2 nitrogen and oxygen atoms in total. The molecule has 2 aromatic carbocycles. The van der Waals surface area contributed by atoms with Crippen LogP contribution in [0.25, 0.3) is 10.8 Å². The van der Waals surface area contributed by atoms with Gasteiger partial charge in [0.15, 0.2) is 0 Å². The smallest absolute Gasteiger partial charge is 0.120 e. The zero-order valence-corrected chi connectivity index (χ0v) is 13.6. The van der Waals surface area contributed by atoms with Gasteiger partial charge in [-0.05, 0) is 70.0 Å². The minimum atomic E-state index is 0.197. The number of rotatable bonds is 6. The van der Waals surface area contributed by atoms with Crippen LogP contribution in [0.3, 0.4) is 0 Å². The summed E-state index contributed by atoms with van der Waals surface area (Å²) in [7, 11) is 0. The van der Waals surface area contributed by atoms with E-state index in [0.717, 1.165) is 25.1 Å². The Bertz CT molecular complexity index is 571. The molecule has 0 fully saturated rings. The third-order valence-corrected chi connectivity index (χ3v) is 3.50. The fourth-order valence-corrected chi connectivity index (χ4v) is 2.38. The second-order valence-electron chi connectivity index (χ2n) is 6.76. The average Bonchev–Trinajstić information content (AvgIpc) is 2.42. The number of ether oxygens (including phenoxy) is 1. The maximum absolute atomic E-state index is 6.03. The molecule has 1 atom stereocenters. The third kappa shape index (κ3) is 5.39. The molecule has 1 N–H and O–H groups in total. The van der Waals surface area contributed by atoms with Gasteiger partial charge in [0.2, 0.25) is 0 Å². The second-order valence-corrected chi connectivity index (χ2v) is 6.76. The summed E-state index contributed by atoms with van der Waals surface area (Å²) in [5.41, 5.74) is 0.197. The lowest BCUT2D eigenvalue weighted by Crippen LogP contribution is -2.36. The molecule has 0 aliphatic carbocycles. The van der Waals surface area contributed by atoms with Crippen LogP contribution in [0.2, 0.25) is 0 Å². The Kier molecular flexibility index (Phi) is 5.24. The van der Waals surface area contributed by atoms with Crippen LogP contribution in [-0.2, 0) is 0 Å². The average molecular weight is 285 g/mol. The highest BCUT2D eigenvalue weighted by molar-refractivity contribution is 5.83. The summed E-state index contributed by atoms with van der Waals surface area (Å²) in [6.45, 7) is 9.77. The van der Waals surface area contributed by atoms with E-state index >= 15 is 0 Å². The monoisotopic (exact) mass is 285 g/mol. The molecular weight excluding hydrogens is 258 g/mol. The molecule has 0 aliphatic heterocycles. The van der Waals surface area contributed by atoms with Crippen molar-refractivity contribution in [1.82, 2.24) is 5.32 Å². The van der Waals surface area contributed by atoms with E-state index in [1.807, 2.05) is 0 Å². The molecule has 2 heteroatoms. The van der Waals surface area contributed by atoms with Crippen LogP contribution >= 0.6 is 0 Å². The summed E-state index contributed by atoms with van der Waals surface area (Å²) in [6.07, 6.45) is 2.44. The Balaban J connectivity index is 1.82. The van der Waals surface area contributed by atoms with E-state index in [1.54, 1.807) is 0 Å². The molecule has 0 amide bonds. The van der Waals surface area contributed by atoms with Gasteiger partial charge in [0.25, 0.3) is 0 Å². The topological polar surface area (TPSA) is 21.3 Å². The molecule has 2 rings (SSSR count). The zero-order valence-electron chi connectivity index (χ0n) is 13.6. The van der Waals surface area contributed by atoms with Crippen LogP contribution in [-0.4, -0.2) is 18.2 Å². The van der Waals surface area contributed by atoms with Gasteiger partial charge in [-0.25, -0.2) is 0 Å². The minimum Gasteiger partial charge on any atom is -0.491 e. The van der Waals surface area contributed by atoms with Crippen LogP contribution < -0.4 is 10.1 Å². The van der Waals surface area contributed by atoms with E-state index in [4.69, 9.17) is 4.74 Å². The molecule has 0 aromatic heterocycles. The van der Waals surface area contributed by atoms with Crippen molar-refractivity contribution in [3.8, 4) is 5.75 Å². The molecule has 0 heterocycles. The minimum absolute atomic E-state index is 0.197. The van der Waals surface area contributed by atoms with Gasteiger partial charge in [-0.1, -0.05) is 30.3 Å². The van der Waals surface area contributed by atoms with Gasteiger partial charge in [-0.3, -0.25) is 0 Å². The molecular formula is C19H27NO. The van der Waals surface area contributed by atoms with Crippen molar-refractivity contribution in [2.24, 2.45) is 0 Å². The summed E-state index contributed by atoms with van der Waals surface area (Å²) in [6, 6.07) is 14.7. The van der Waals surface area contributed by atoms with Gasteiger partial charge in [0.05, 0.1) is 6.10 Å². The van der Waals surface area contributed by atoms with Gasteiger partial charge in [0.1, 0.15) is 5.75 Å². The van der Waals surface area contributed by atoms with Crippen molar-refractivity contribution in [1.29, 1.82) is 0 Å². The number of hydrogen-bond donors (Lipinski definition) is 1. The van der Waals surface area contributed by atoms with E-state index in [0.29, 0.717) is 0 Å². The predicted molar refractivity (Wildman–Crippen MR) is 91.0 cm³/mol. The molecule has 0 saturated heterocycles. The highest BCUT2D eigenvalue weighted by atomic mass is 16.5. The number of nitrogens with one attached hydrogen (secondary N) is 1. The van der Waals surface area contributed by atoms with Crippen LogP contribution in [0.15, 0.2) is 42.5 Å². The van der Waals surface area contributed by atoms with Gasteiger partial charge in [-0.2, -0.15) is 0 Å². The van der Waals surface area contributed by atoms with Gasteiger partial charge in [-0.15, -0.1) is 0 Å². The maximum Gasteiger partial charge on any atom is 0.120 e. The van der Waals surface area contributed by atoms with E-state index in [1.165, 1.54) is 10.8 Å². The fourth-order valence-electron chi connectivity index (χ4n) is 2.38. The van der Waals surface area contributed by atoms with E-state index in [9.17, 15) is 0 Å². The lowest BCUT2D eigenvalue weighted by Gasteiger charge is -2.21. The van der Waals surface area contributed by atoms with E-state index in [-0.39, 0.29) is 11.6 Å². The third-order valence-electron chi connectivity index (χ3n) is 3.50. The van der Waals surface area contributed by atoms with Crippen molar-refractivity contribution in [3.63, 3.8) is 0 Å². The molecule has 0 spiro atoms. The first kappa shape index (κ1) is 15.8. The molecule has 0 bridgehead atoms. The van der Waals surface area contributed by atoms with Crippen LogP contribution in [0.5, 0.6) is 5.75 Å². The summed E-state index contributed by atoms with van der Waals surface area (Å²) in [5.74, 6) is 0.963. The lowest BCUT2D eigenvalue weighted by molar-refractivity contribution is 0.206. The Labute approximate surface area is 128 Å². The Morgan fingerprint density at radius 2 is 1.76 bits per heavy atom. The first-order chi connectivity index (χ1) is 9.94. The lowest BCUT2D eigenvalue weighted by atomic mass is 10.1. The van der Waals surface area contributed by atoms with Crippen molar-refractivity contribution in [2.75, 3.05) is 6.54 Å². The van der Waals surface area contributed by atoms with Gasteiger partial charge >= 0.3 is 0 Å². The highest BCUT2D eigenvalue weighted by Crippen LogP contribution is 2.22. The largest absolute Gasteiger partial charge is 0.491 e. The van der Waals surface area contributed by atoms with Crippen molar-refractivity contribution >= 4 is 10.8 Å². The Morgan fingerprint density at radius 1 is 1.05 bits per heavy atom. The molecule has 0 aliphatic rings. The Morgan fingerprint density at radius 3 is 2.48 bits per heavy atom. The number of benzene rings is 2. The van der Waals surface area contributed by atoms with Gasteiger partial charge < -0.3 is 10.1 Å². The molecule has 114 valence electrons. The number of fused-ring (bicyclic) bond motifs is 1. The van der Waals surface area contributed by atoms with Crippen LogP contribution in [0.1, 0.15) is 40.5 Å². The molecule has 2 aromatic rings. The Hall–Kier alpha value is -1.54. The SMILES string of the molecule is CC(CCCNC(C)(C)C)Oc1ccc2ccccc2c1. The molecule has 0 radical (unpaired) electrons. The van der Waals surface area contributed by atoms with E-state index < -0.39 is 0 Å². The summed E-state index contributed by atoms with van der Waals surface area (Å²) < 4.78 is 6.03. The summed E-state index contributed by atoms with van der Waals surface area (Å²) in [5, 5.41) is 6.00. The molecule has 21 heavy (non-hydrogen) atoms. The van der Waals surface area contributed by atoms with Crippen molar-refractivity contribution in [2.45, 2.75) is 52.2 Å². The van der Waals surface area contributed by atoms with Crippen molar-refractivity contribution < 1.29 is 4.74 Å². The standard InChI is InChI=1S/C19H27NO/c1-15(8-7-13-20-19(2,3)4)21-18-12-11-16-9-5-6-10-17(16)14-18/h5-6,9-12,14-15,20H,7-8,13H2,1-4H3. The van der Waals surface area contributed by atoms with Gasteiger partial charge in [0, 0.05) is 5.54 Å². The normalized spacial score (nSPS) is 13.3. The second kappa shape index (κ2) is 6.95. The summed E-state index contributed by atoms with van der Waals surface area (Å²) >= 11 is 0. The maximum atomic E-state index is 6.03. The van der Waals surface area contributed by atoms with Crippen LogP contribution in [0.4, 0.5) is 0 Å². The first-order valence-corrected chi connectivity index (χ1v) is 7.84. The zero-order chi connectivity index (χ0) is 15.3. The molecule has 0 saturated carbocycles. The predicted octanol–water partition coefficient (Wildman–Crippen LogP) is 4.78. The van der Waals surface area contributed by atoms with Crippen LogP contribution in [0, 0.1) is 0 Å². The summed E-state index contributed by atoms with van der Waals surface area (Å²) in [4.78, 5) is 0. The highest BCUT2D eigenvalue weighted by Gasteiger charge is 2.09. The quantitative estimate of drug-likeness (QED) is 0.772. The van der Waals surface area contributed by atoms with E-state index in [2.05, 4.69) is 75.5 Å². The van der Waals surface area contributed by atoms with Crippen molar-refractivity contribution in [3.05, 3.63) is 42.5 Å². The number of hydrogen-bond acceptors (Lipinski definition) is 2. The first-order valence-electron chi connectivity index (χ1n) is 7.84.